The molecule has 0 unspecified atom stereocenters. The first-order chi connectivity index (χ1) is 8.58. The summed E-state index contributed by atoms with van der Waals surface area (Å²) in [6, 6.07) is 6.54. The maximum Gasteiger partial charge on any atom is 0.333 e. The Morgan fingerprint density at radius 3 is 2.50 bits per heavy atom. The van der Waals surface area contributed by atoms with Crippen LogP contribution in [0.15, 0.2) is 30.4 Å². The van der Waals surface area contributed by atoms with Gasteiger partial charge >= 0.3 is 5.97 Å². The molecule has 1 aromatic rings. The second-order valence-corrected chi connectivity index (χ2v) is 4.48. The van der Waals surface area contributed by atoms with Crippen LogP contribution in [0.4, 0.5) is 0 Å². The Kier molecular flexibility index (Phi) is 5.63. The normalized spacial score (nSPS) is 10.2. The van der Waals surface area contributed by atoms with Crippen molar-refractivity contribution in [2.24, 2.45) is 0 Å². The summed E-state index contributed by atoms with van der Waals surface area (Å²) in [4.78, 5) is 11.3. The molecule has 2 nitrogen and oxygen atoms in total. The summed E-state index contributed by atoms with van der Waals surface area (Å²) in [6.07, 6.45) is 2.84. The van der Waals surface area contributed by atoms with Crippen LogP contribution in [0.3, 0.4) is 0 Å². The molecule has 0 aliphatic carbocycles. The summed E-state index contributed by atoms with van der Waals surface area (Å²) in [6.45, 7) is 9.95. The number of esters is 1. The van der Waals surface area contributed by atoms with Gasteiger partial charge in [0.1, 0.15) is 0 Å². The van der Waals surface area contributed by atoms with E-state index >= 15 is 0 Å². The van der Waals surface area contributed by atoms with Gasteiger partial charge in [-0.15, -0.1) is 0 Å². The first-order valence-corrected chi connectivity index (χ1v) is 6.51. The molecule has 0 atom stereocenters. The SMILES string of the molecule is C=C(C)C(=O)OCCc1ccc(CC)cc1CC. The summed E-state index contributed by atoms with van der Waals surface area (Å²) in [5, 5.41) is 0. The van der Waals surface area contributed by atoms with Crippen LogP contribution in [0.5, 0.6) is 0 Å². The molecule has 0 spiro atoms. The van der Waals surface area contributed by atoms with Crippen LogP contribution in [0.1, 0.15) is 37.5 Å². The minimum atomic E-state index is -0.307. The first kappa shape index (κ1) is 14.5. The molecular formula is C16H22O2. The minimum absolute atomic E-state index is 0.307. The molecule has 0 N–H and O–H groups in total. The second-order valence-electron chi connectivity index (χ2n) is 4.48. The molecule has 0 bridgehead atoms. The molecule has 1 rings (SSSR count). The Bertz CT molecular complexity index is 433. The van der Waals surface area contributed by atoms with Crippen LogP contribution in [-0.4, -0.2) is 12.6 Å². The third kappa shape index (κ3) is 4.02. The van der Waals surface area contributed by atoms with Crippen molar-refractivity contribution in [3.05, 3.63) is 47.0 Å². The quantitative estimate of drug-likeness (QED) is 0.567. The minimum Gasteiger partial charge on any atom is -0.462 e. The largest absolute Gasteiger partial charge is 0.462 e. The highest BCUT2D eigenvalue weighted by Crippen LogP contribution is 2.14. The van der Waals surface area contributed by atoms with Crippen molar-refractivity contribution in [1.82, 2.24) is 0 Å². The Hall–Kier alpha value is -1.57. The molecule has 0 saturated carbocycles. The van der Waals surface area contributed by atoms with Gasteiger partial charge in [-0.1, -0.05) is 38.6 Å². The zero-order chi connectivity index (χ0) is 13.5. The van der Waals surface area contributed by atoms with E-state index in [4.69, 9.17) is 4.74 Å². The second kappa shape index (κ2) is 7.00. The van der Waals surface area contributed by atoms with E-state index in [0.717, 1.165) is 19.3 Å². The van der Waals surface area contributed by atoms with Gasteiger partial charge in [-0.05, 0) is 36.5 Å². The number of rotatable bonds is 6. The molecule has 0 amide bonds. The van der Waals surface area contributed by atoms with E-state index in [1.54, 1.807) is 6.92 Å². The zero-order valence-corrected chi connectivity index (χ0v) is 11.6. The predicted octanol–water partition coefficient (Wildman–Crippen LogP) is 3.47. The average Bonchev–Trinajstić information content (AvgIpc) is 2.38. The zero-order valence-electron chi connectivity index (χ0n) is 11.6. The van der Waals surface area contributed by atoms with Crippen LogP contribution >= 0.6 is 0 Å². The Morgan fingerprint density at radius 2 is 1.94 bits per heavy atom. The number of hydrogen-bond acceptors (Lipinski definition) is 2. The molecule has 0 radical (unpaired) electrons. The van der Waals surface area contributed by atoms with Crippen LogP contribution in [-0.2, 0) is 28.8 Å². The fourth-order valence-electron chi connectivity index (χ4n) is 1.85. The average molecular weight is 246 g/mol. The summed E-state index contributed by atoms with van der Waals surface area (Å²) in [7, 11) is 0. The van der Waals surface area contributed by atoms with E-state index in [9.17, 15) is 4.79 Å². The van der Waals surface area contributed by atoms with Crippen LogP contribution in [0.25, 0.3) is 0 Å². The van der Waals surface area contributed by atoms with E-state index in [2.05, 4.69) is 38.6 Å². The number of carbonyl (C=O) groups is 1. The van der Waals surface area contributed by atoms with Crippen molar-refractivity contribution in [1.29, 1.82) is 0 Å². The summed E-state index contributed by atoms with van der Waals surface area (Å²) in [5.41, 5.74) is 4.42. The maximum absolute atomic E-state index is 11.3. The van der Waals surface area contributed by atoms with Gasteiger partial charge in [-0.25, -0.2) is 4.79 Å². The monoisotopic (exact) mass is 246 g/mol. The van der Waals surface area contributed by atoms with Crippen molar-refractivity contribution >= 4 is 5.97 Å². The molecule has 1 aromatic carbocycles. The fraction of sp³-hybridized carbons (Fsp3) is 0.438. The highest BCUT2D eigenvalue weighted by Gasteiger charge is 2.05. The first-order valence-electron chi connectivity index (χ1n) is 6.51. The standard InChI is InChI=1S/C16H22O2/c1-5-13-7-8-15(14(6-2)11-13)9-10-18-16(17)12(3)4/h7-8,11H,3,5-6,9-10H2,1-2,4H3. The number of carbonyl (C=O) groups excluding carboxylic acids is 1. The van der Waals surface area contributed by atoms with Crippen molar-refractivity contribution in [2.45, 2.75) is 40.0 Å². The topological polar surface area (TPSA) is 26.3 Å². The van der Waals surface area contributed by atoms with E-state index in [0.29, 0.717) is 12.2 Å². The van der Waals surface area contributed by atoms with Gasteiger partial charge in [-0.3, -0.25) is 0 Å². The lowest BCUT2D eigenvalue weighted by Crippen LogP contribution is -2.09. The highest BCUT2D eigenvalue weighted by atomic mass is 16.5. The van der Waals surface area contributed by atoms with Crippen molar-refractivity contribution in [3.8, 4) is 0 Å². The van der Waals surface area contributed by atoms with Crippen molar-refractivity contribution in [2.75, 3.05) is 6.61 Å². The number of ether oxygens (including phenoxy) is 1. The van der Waals surface area contributed by atoms with Gasteiger partial charge in [0, 0.05) is 12.0 Å². The predicted molar refractivity (Wildman–Crippen MR) is 74.7 cm³/mol. The molecule has 0 saturated heterocycles. The van der Waals surface area contributed by atoms with E-state index in [1.807, 2.05) is 0 Å². The number of hydrogen-bond donors (Lipinski definition) is 0. The maximum atomic E-state index is 11.3. The van der Waals surface area contributed by atoms with Gasteiger partial charge < -0.3 is 4.74 Å². The third-order valence-electron chi connectivity index (χ3n) is 3.01. The van der Waals surface area contributed by atoms with Crippen LogP contribution in [0.2, 0.25) is 0 Å². The molecule has 18 heavy (non-hydrogen) atoms. The molecule has 0 fully saturated rings. The Morgan fingerprint density at radius 1 is 1.22 bits per heavy atom. The Labute approximate surface area is 110 Å². The fourth-order valence-corrected chi connectivity index (χ4v) is 1.85. The molecule has 2 heteroatoms. The molecule has 0 aliphatic heterocycles. The molecule has 0 heterocycles. The van der Waals surface area contributed by atoms with Crippen molar-refractivity contribution < 1.29 is 9.53 Å². The van der Waals surface area contributed by atoms with Crippen LogP contribution < -0.4 is 0 Å². The smallest absolute Gasteiger partial charge is 0.333 e. The lowest BCUT2D eigenvalue weighted by atomic mass is 9.99. The van der Waals surface area contributed by atoms with Gasteiger partial charge in [-0.2, -0.15) is 0 Å². The summed E-state index contributed by atoms with van der Waals surface area (Å²) < 4.78 is 5.12. The number of benzene rings is 1. The third-order valence-corrected chi connectivity index (χ3v) is 3.01. The van der Waals surface area contributed by atoms with Gasteiger partial charge in [0.2, 0.25) is 0 Å². The summed E-state index contributed by atoms with van der Waals surface area (Å²) in [5.74, 6) is -0.307. The van der Waals surface area contributed by atoms with E-state index in [1.165, 1.54) is 16.7 Å². The highest BCUT2D eigenvalue weighted by molar-refractivity contribution is 5.86. The lowest BCUT2D eigenvalue weighted by molar-refractivity contribution is -0.138. The van der Waals surface area contributed by atoms with E-state index < -0.39 is 0 Å². The van der Waals surface area contributed by atoms with Crippen molar-refractivity contribution in [3.63, 3.8) is 0 Å². The van der Waals surface area contributed by atoms with E-state index in [-0.39, 0.29) is 5.97 Å². The van der Waals surface area contributed by atoms with Gasteiger partial charge in [0.15, 0.2) is 0 Å². The lowest BCUT2D eigenvalue weighted by Gasteiger charge is -2.10. The number of aryl methyl sites for hydroxylation is 2. The molecule has 0 aliphatic rings. The molecule has 0 aromatic heterocycles. The Balaban J connectivity index is 2.62. The van der Waals surface area contributed by atoms with Gasteiger partial charge in [0.25, 0.3) is 0 Å². The summed E-state index contributed by atoms with van der Waals surface area (Å²) >= 11 is 0. The molecular weight excluding hydrogens is 224 g/mol. The van der Waals surface area contributed by atoms with Crippen LogP contribution in [0, 0.1) is 0 Å². The molecule has 98 valence electrons. The van der Waals surface area contributed by atoms with Gasteiger partial charge in [0.05, 0.1) is 6.61 Å².